The molecule has 6 nitrogen and oxygen atoms in total. The predicted molar refractivity (Wildman–Crippen MR) is 105 cm³/mol. The zero-order valence-corrected chi connectivity index (χ0v) is 15.2. The van der Waals surface area contributed by atoms with Crippen LogP contribution >= 0.6 is 0 Å². The fraction of sp³-hybridized carbons (Fsp3) is 0.300. The van der Waals surface area contributed by atoms with Gasteiger partial charge in [-0.25, -0.2) is 0 Å². The van der Waals surface area contributed by atoms with Gasteiger partial charge in [-0.1, -0.05) is 12.1 Å². The molecule has 1 aliphatic heterocycles. The average molecular weight is 355 g/mol. The molecule has 0 spiro atoms. The standard InChI is InChI=1S/C20H25N3O3/c1-24-19-11-16(18(22)12-20(19)25-2)17(13-21)14-4-3-5-15(10-14)23-6-8-26-9-7-23/h3-5,10-13H,6-9,21-22H2,1-2H3/b17-13-. The van der Waals surface area contributed by atoms with Gasteiger partial charge in [0.15, 0.2) is 11.5 Å². The van der Waals surface area contributed by atoms with Gasteiger partial charge in [0, 0.05) is 47.9 Å². The molecule has 0 aliphatic carbocycles. The summed E-state index contributed by atoms with van der Waals surface area (Å²) >= 11 is 0. The van der Waals surface area contributed by atoms with Crippen LogP contribution in [0.5, 0.6) is 11.5 Å². The summed E-state index contributed by atoms with van der Waals surface area (Å²) in [6, 6.07) is 11.9. The molecule has 4 N–H and O–H groups in total. The summed E-state index contributed by atoms with van der Waals surface area (Å²) in [5.41, 5.74) is 16.6. The number of nitrogen functional groups attached to an aromatic ring is 1. The Morgan fingerprint density at radius 2 is 1.77 bits per heavy atom. The third-order valence-corrected chi connectivity index (χ3v) is 4.55. The van der Waals surface area contributed by atoms with Gasteiger partial charge in [0.05, 0.1) is 27.4 Å². The van der Waals surface area contributed by atoms with E-state index in [0.29, 0.717) is 17.2 Å². The SMILES string of the molecule is COc1cc(N)c(/C(=C\N)c2cccc(N3CCOCC3)c2)cc1OC. The summed E-state index contributed by atoms with van der Waals surface area (Å²) < 4.78 is 16.2. The number of morpholine rings is 1. The summed E-state index contributed by atoms with van der Waals surface area (Å²) in [7, 11) is 3.19. The second kappa shape index (κ2) is 8.01. The fourth-order valence-electron chi connectivity index (χ4n) is 3.16. The van der Waals surface area contributed by atoms with Crippen LogP contribution in [0, 0.1) is 0 Å². The van der Waals surface area contributed by atoms with Crippen LogP contribution in [0.2, 0.25) is 0 Å². The molecule has 0 radical (unpaired) electrons. The van der Waals surface area contributed by atoms with Crippen LogP contribution in [-0.2, 0) is 4.74 Å². The molecule has 26 heavy (non-hydrogen) atoms. The zero-order chi connectivity index (χ0) is 18.5. The van der Waals surface area contributed by atoms with E-state index < -0.39 is 0 Å². The summed E-state index contributed by atoms with van der Waals surface area (Å²) in [6.45, 7) is 3.24. The van der Waals surface area contributed by atoms with Gasteiger partial charge in [0.1, 0.15) is 0 Å². The maximum atomic E-state index is 6.26. The van der Waals surface area contributed by atoms with Gasteiger partial charge in [-0.15, -0.1) is 0 Å². The van der Waals surface area contributed by atoms with Gasteiger partial charge in [0.2, 0.25) is 0 Å². The van der Waals surface area contributed by atoms with Crippen molar-refractivity contribution < 1.29 is 14.2 Å². The zero-order valence-electron chi connectivity index (χ0n) is 15.2. The summed E-state index contributed by atoms with van der Waals surface area (Å²) in [5.74, 6) is 1.20. The molecule has 0 bridgehead atoms. The Morgan fingerprint density at radius 3 is 2.42 bits per heavy atom. The Balaban J connectivity index is 1.99. The van der Waals surface area contributed by atoms with Crippen molar-refractivity contribution >= 4 is 16.9 Å². The third kappa shape index (κ3) is 3.55. The lowest BCUT2D eigenvalue weighted by molar-refractivity contribution is 0.122. The van der Waals surface area contributed by atoms with Gasteiger partial charge in [-0.2, -0.15) is 0 Å². The van der Waals surface area contributed by atoms with Crippen LogP contribution in [-0.4, -0.2) is 40.5 Å². The van der Waals surface area contributed by atoms with E-state index in [1.807, 2.05) is 18.2 Å². The maximum Gasteiger partial charge on any atom is 0.162 e. The van der Waals surface area contributed by atoms with Crippen LogP contribution in [0.15, 0.2) is 42.6 Å². The second-order valence-corrected chi connectivity index (χ2v) is 6.02. The molecule has 0 atom stereocenters. The normalized spacial score (nSPS) is 15.0. The molecule has 0 amide bonds. The highest BCUT2D eigenvalue weighted by Crippen LogP contribution is 2.37. The number of rotatable bonds is 5. The number of methoxy groups -OCH3 is 2. The van der Waals surface area contributed by atoms with E-state index >= 15 is 0 Å². The average Bonchev–Trinajstić information content (AvgIpc) is 2.70. The highest BCUT2D eigenvalue weighted by Gasteiger charge is 2.16. The van der Waals surface area contributed by atoms with Crippen LogP contribution in [0.1, 0.15) is 11.1 Å². The molecule has 2 aromatic rings. The molecular formula is C20H25N3O3. The van der Waals surface area contributed by atoms with E-state index in [4.69, 9.17) is 25.7 Å². The Labute approximate surface area is 153 Å². The van der Waals surface area contributed by atoms with Crippen molar-refractivity contribution in [3.8, 4) is 11.5 Å². The van der Waals surface area contributed by atoms with Gasteiger partial charge in [0.25, 0.3) is 0 Å². The number of anilines is 2. The van der Waals surface area contributed by atoms with Crippen molar-refractivity contribution in [2.24, 2.45) is 5.73 Å². The highest BCUT2D eigenvalue weighted by atomic mass is 16.5. The predicted octanol–water partition coefficient (Wildman–Crippen LogP) is 2.47. The largest absolute Gasteiger partial charge is 0.493 e. The number of nitrogens with zero attached hydrogens (tertiary/aromatic N) is 1. The van der Waals surface area contributed by atoms with Crippen molar-refractivity contribution in [3.63, 3.8) is 0 Å². The minimum absolute atomic E-state index is 0.580. The van der Waals surface area contributed by atoms with E-state index in [2.05, 4.69) is 17.0 Å². The van der Waals surface area contributed by atoms with E-state index in [-0.39, 0.29) is 0 Å². The maximum absolute atomic E-state index is 6.26. The minimum atomic E-state index is 0.580. The first kappa shape index (κ1) is 17.9. The first-order chi connectivity index (χ1) is 12.7. The monoisotopic (exact) mass is 355 g/mol. The Hall–Kier alpha value is -2.86. The van der Waals surface area contributed by atoms with Crippen LogP contribution in [0.25, 0.3) is 5.57 Å². The number of benzene rings is 2. The van der Waals surface area contributed by atoms with Gasteiger partial charge >= 0.3 is 0 Å². The molecule has 1 heterocycles. The van der Waals surface area contributed by atoms with Gasteiger partial charge in [-0.3, -0.25) is 0 Å². The van der Waals surface area contributed by atoms with E-state index in [0.717, 1.165) is 48.7 Å². The molecule has 0 saturated carbocycles. The summed E-state index contributed by atoms with van der Waals surface area (Å²) in [6.07, 6.45) is 1.58. The minimum Gasteiger partial charge on any atom is -0.493 e. The van der Waals surface area contributed by atoms with Crippen molar-refractivity contribution in [2.45, 2.75) is 0 Å². The third-order valence-electron chi connectivity index (χ3n) is 4.55. The van der Waals surface area contributed by atoms with Crippen molar-refractivity contribution in [3.05, 3.63) is 53.7 Å². The molecule has 6 heteroatoms. The van der Waals surface area contributed by atoms with Crippen LogP contribution in [0.4, 0.5) is 11.4 Å². The van der Waals surface area contributed by atoms with E-state index in [1.54, 1.807) is 26.5 Å². The lowest BCUT2D eigenvalue weighted by Gasteiger charge is -2.29. The van der Waals surface area contributed by atoms with Crippen molar-refractivity contribution in [2.75, 3.05) is 51.2 Å². The molecule has 138 valence electrons. The number of hydrogen-bond donors (Lipinski definition) is 2. The number of ether oxygens (including phenoxy) is 3. The smallest absolute Gasteiger partial charge is 0.162 e. The lowest BCUT2D eigenvalue weighted by atomic mass is 9.96. The van der Waals surface area contributed by atoms with Gasteiger partial charge < -0.3 is 30.6 Å². The summed E-state index contributed by atoms with van der Waals surface area (Å²) in [4.78, 5) is 2.30. The quantitative estimate of drug-likeness (QED) is 0.802. The highest BCUT2D eigenvalue weighted by molar-refractivity contribution is 5.87. The molecule has 0 aromatic heterocycles. The van der Waals surface area contributed by atoms with Crippen molar-refractivity contribution in [1.82, 2.24) is 0 Å². The van der Waals surface area contributed by atoms with Crippen LogP contribution < -0.4 is 25.8 Å². The lowest BCUT2D eigenvalue weighted by Crippen LogP contribution is -2.36. The Morgan fingerprint density at radius 1 is 1.08 bits per heavy atom. The molecule has 1 saturated heterocycles. The molecule has 1 fully saturated rings. The Bertz CT molecular complexity index is 799. The number of hydrogen-bond acceptors (Lipinski definition) is 6. The molecule has 3 rings (SSSR count). The second-order valence-electron chi connectivity index (χ2n) is 6.02. The number of nitrogens with two attached hydrogens (primary N) is 2. The first-order valence-corrected chi connectivity index (χ1v) is 8.54. The topological polar surface area (TPSA) is 83.0 Å². The fourth-order valence-corrected chi connectivity index (χ4v) is 3.16. The first-order valence-electron chi connectivity index (χ1n) is 8.54. The summed E-state index contributed by atoms with van der Waals surface area (Å²) in [5, 5.41) is 0. The molecule has 0 unspecified atom stereocenters. The van der Waals surface area contributed by atoms with Gasteiger partial charge in [-0.05, 0) is 23.8 Å². The van der Waals surface area contributed by atoms with E-state index in [1.165, 1.54) is 0 Å². The molecular weight excluding hydrogens is 330 g/mol. The van der Waals surface area contributed by atoms with E-state index in [9.17, 15) is 0 Å². The van der Waals surface area contributed by atoms with Crippen LogP contribution in [0.3, 0.4) is 0 Å². The Kier molecular flexibility index (Phi) is 5.53. The molecule has 1 aliphatic rings. The van der Waals surface area contributed by atoms with Crippen molar-refractivity contribution in [1.29, 1.82) is 0 Å². The molecule has 2 aromatic carbocycles.